The summed E-state index contributed by atoms with van der Waals surface area (Å²) in [6, 6.07) is 23.9. The van der Waals surface area contributed by atoms with Crippen LogP contribution in [0.15, 0.2) is 96.3 Å². The second kappa shape index (κ2) is 7.60. The zero-order valence-electron chi connectivity index (χ0n) is 18.0. The molecule has 0 fully saturated rings. The highest BCUT2D eigenvalue weighted by Gasteiger charge is 2.14. The van der Waals surface area contributed by atoms with Gasteiger partial charge in [-0.05, 0) is 53.3 Å². The third-order valence-electron chi connectivity index (χ3n) is 6.05. The van der Waals surface area contributed by atoms with Gasteiger partial charge in [0.15, 0.2) is 0 Å². The topological polar surface area (TPSA) is 61.4 Å². The Bertz CT molecular complexity index is 1700. The van der Waals surface area contributed by atoms with Crippen LogP contribution in [0.3, 0.4) is 0 Å². The zero-order valence-corrected chi connectivity index (χ0v) is 18.0. The van der Waals surface area contributed by atoms with Crippen molar-refractivity contribution in [2.75, 3.05) is 7.11 Å². The SMILES string of the molecule is COc1ccc(Cc2cc3c(=O)n(-c4cnc5ccccn45)cnc3c3ccccc23)cc1. The Balaban J connectivity index is 1.57. The maximum absolute atomic E-state index is 13.7. The van der Waals surface area contributed by atoms with Crippen LogP contribution in [-0.2, 0) is 6.42 Å². The van der Waals surface area contributed by atoms with Gasteiger partial charge in [0.2, 0.25) is 0 Å². The quantitative estimate of drug-likeness (QED) is 0.376. The van der Waals surface area contributed by atoms with Gasteiger partial charge in [-0.25, -0.2) is 9.97 Å². The van der Waals surface area contributed by atoms with Crippen molar-refractivity contribution in [2.24, 2.45) is 0 Å². The van der Waals surface area contributed by atoms with Crippen molar-refractivity contribution in [1.82, 2.24) is 18.9 Å². The Kier molecular flexibility index (Phi) is 4.43. The third kappa shape index (κ3) is 3.15. The lowest BCUT2D eigenvalue weighted by Crippen LogP contribution is -2.20. The second-order valence-corrected chi connectivity index (χ2v) is 7.97. The Morgan fingerprint density at radius 2 is 1.67 bits per heavy atom. The van der Waals surface area contributed by atoms with Crippen LogP contribution in [-0.4, -0.2) is 26.0 Å². The Morgan fingerprint density at radius 1 is 0.879 bits per heavy atom. The van der Waals surface area contributed by atoms with Crippen LogP contribution in [0.25, 0.3) is 33.1 Å². The molecule has 6 nitrogen and oxygen atoms in total. The number of rotatable bonds is 4. The summed E-state index contributed by atoms with van der Waals surface area (Å²) in [5, 5.41) is 2.66. The molecule has 6 heteroatoms. The van der Waals surface area contributed by atoms with E-state index in [1.54, 1.807) is 24.2 Å². The van der Waals surface area contributed by atoms with Crippen molar-refractivity contribution < 1.29 is 4.74 Å². The van der Waals surface area contributed by atoms with E-state index < -0.39 is 0 Å². The van der Waals surface area contributed by atoms with E-state index in [-0.39, 0.29) is 5.56 Å². The molecule has 0 aliphatic heterocycles. The number of methoxy groups -OCH3 is 1. The fraction of sp³-hybridized carbons (Fsp3) is 0.0741. The molecular formula is C27H20N4O2. The van der Waals surface area contributed by atoms with Crippen molar-refractivity contribution in [3.05, 3.63) is 113 Å². The van der Waals surface area contributed by atoms with Gasteiger partial charge in [-0.2, -0.15) is 0 Å². The molecule has 0 saturated heterocycles. The molecule has 0 saturated carbocycles. The first kappa shape index (κ1) is 19.3. The Labute approximate surface area is 189 Å². The molecule has 6 rings (SSSR count). The molecule has 0 radical (unpaired) electrons. The number of hydrogen-bond donors (Lipinski definition) is 0. The molecular weight excluding hydrogens is 412 g/mol. The number of hydrogen-bond acceptors (Lipinski definition) is 4. The molecule has 160 valence electrons. The minimum atomic E-state index is -0.118. The number of imidazole rings is 1. The lowest BCUT2D eigenvalue weighted by atomic mass is 9.96. The van der Waals surface area contributed by atoms with Crippen LogP contribution in [0, 0.1) is 0 Å². The number of fused-ring (bicyclic) bond motifs is 4. The molecule has 3 aromatic carbocycles. The summed E-state index contributed by atoms with van der Waals surface area (Å²) in [6.45, 7) is 0. The molecule has 6 aromatic rings. The summed E-state index contributed by atoms with van der Waals surface area (Å²) in [5.41, 5.74) is 3.59. The maximum Gasteiger partial charge on any atom is 0.267 e. The fourth-order valence-corrected chi connectivity index (χ4v) is 4.40. The van der Waals surface area contributed by atoms with Gasteiger partial charge in [0.05, 0.1) is 24.2 Å². The van der Waals surface area contributed by atoms with Gasteiger partial charge in [-0.3, -0.25) is 13.8 Å². The van der Waals surface area contributed by atoms with Gasteiger partial charge >= 0.3 is 0 Å². The summed E-state index contributed by atoms with van der Waals surface area (Å²) in [6.07, 6.45) is 5.88. The molecule has 33 heavy (non-hydrogen) atoms. The number of aromatic nitrogens is 4. The van der Waals surface area contributed by atoms with Gasteiger partial charge in [-0.1, -0.05) is 42.5 Å². The van der Waals surface area contributed by atoms with Crippen LogP contribution in [0.2, 0.25) is 0 Å². The molecule has 0 aliphatic carbocycles. The summed E-state index contributed by atoms with van der Waals surface area (Å²) >= 11 is 0. The van der Waals surface area contributed by atoms with Crippen LogP contribution < -0.4 is 10.3 Å². The molecule has 0 bridgehead atoms. The van der Waals surface area contributed by atoms with E-state index in [4.69, 9.17) is 9.72 Å². The van der Waals surface area contributed by atoms with Crippen LogP contribution >= 0.6 is 0 Å². The molecule has 3 heterocycles. The van der Waals surface area contributed by atoms with E-state index in [1.165, 1.54) is 0 Å². The maximum atomic E-state index is 13.7. The number of pyridine rings is 1. The van der Waals surface area contributed by atoms with E-state index in [0.29, 0.717) is 23.1 Å². The monoisotopic (exact) mass is 432 g/mol. The molecule has 0 aliphatic rings. The lowest BCUT2D eigenvalue weighted by Gasteiger charge is -2.12. The first-order valence-electron chi connectivity index (χ1n) is 10.7. The molecule has 3 aromatic heterocycles. The zero-order chi connectivity index (χ0) is 22.4. The Hall–Kier alpha value is -4.45. The molecule has 0 unspecified atom stereocenters. The lowest BCUT2D eigenvalue weighted by molar-refractivity contribution is 0.414. The first-order valence-corrected chi connectivity index (χ1v) is 10.7. The van der Waals surface area contributed by atoms with Gasteiger partial charge in [0.1, 0.15) is 23.5 Å². The highest BCUT2D eigenvalue weighted by Crippen LogP contribution is 2.28. The predicted octanol–water partition coefficient (Wildman–Crippen LogP) is 4.79. The summed E-state index contributed by atoms with van der Waals surface area (Å²) < 4.78 is 8.73. The minimum absolute atomic E-state index is 0.118. The summed E-state index contributed by atoms with van der Waals surface area (Å²) in [7, 11) is 1.66. The first-order chi connectivity index (χ1) is 16.2. The van der Waals surface area contributed by atoms with Crippen molar-refractivity contribution in [3.8, 4) is 11.6 Å². The van der Waals surface area contributed by atoms with E-state index in [9.17, 15) is 4.79 Å². The van der Waals surface area contributed by atoms with E-state index in [2.05, 4.69) is 23.2 Å². The number of nitrogens with zero attached hydrogens (tertiary/aromatic N) is 4. The van der Waals surface area contributed by atoms with Crippen LogP contribution in [0.5, 0.6) is 5.75 Å². The normalized spacial score (nSPS) is 11.4. The second-order valence-electron chi connectivity index (χ2n) is 7.97. The predicted molar refractivity (Wildman–Crippen MR) is 129 cm³/mol. The van der Waals surface area contributed by atoms with Gasteiger partial charge in [0, 0.05) is 11.6 Å². The van der Waals surface area contributed by atoms with Crippen molar-refractivity contribution in [2.45, 2.75) is 6.42 Å². The van der Waals surface area contributed by atoms with Gasteiger partial charge in [0.25, 0.3) is 5.56 Å². The average molecular weight is 432 g/mol. The summed E-state index contributed by atoms with van der Waals surface area (Å²) in [5.74, 6) is 1.48. The van der Waals surface area contributed by atoms with Gasteiger partial charge < -0.3 is 4.74 Å². The molecule has 0 N–H and O–H groups in total. The molecule has 0 atom stereocenters. The average Bonchev–Trinajstić information content (AvgIpc) is 3.29. The van der Waals surface area contributed by atoms with E-state index in [1.807, 2.05) is 65.2 Å². The smallest absolute Gasteiger partial charge is 0.267 e. The van der Waals surface area contributed by atoms with Crippen molar-refractivity contribution in [1.29, 1.82) is 0 Å². The number of benzene rings is 3. The van der Waals surface area contributed by atoms with Crippen LogP contribution in [0.4, 0.5) is 0 Å². The van der Waals surface area contributed by atoms with Crippen LogP contribution in [0.1, 0.15) is 11.1 Å². The van der Waals surface area contributed by atoms with E-state index >= 15 is 0 Å². The largest absolute Gasteiger partial charge is 0.497 e. The Morgan fingerprint density at radius 3 is 2.48 bits per heavy atom. The molecule has 0 amide bonds. The van der Waals surface area contributed by atoms with Crippen molar-refractivity contribution >= 4 is 27.3 Å². The third-order valence-corrected chi connectivity index (χ3v) is 6.05. The highest BCUT2D eigenvalue weighted by atomic mass is 16.5. The minimum Gasteiger partial charge on any atom is -0.497 e. The van der Waals surface area contributed by atoms with Gasteiger partial charge in [-0.15, -0.1) is 0 Å². The number of ether oxygens (including phenoxy) is 1. The van der Waals surface area contributed by atoms with E-state index in [0.717, 1.165) is 33.3 Å². The standard InChI is InChI=1S/C27H20N4O2/c1-33-20-11-9-18(10-12-20)14-19-15-23-26(22-7-3-2-6-21(19)22)29-17-31(27(23)32)25-16-28-24-8-4-5-13-30(24)25/h2-13,15-17H,14H2,1H3. The fourth-order valence-electron chi connectivity index (χ4n) is 4.40. The van der Waals surface area contributed by atoms with Crippen molar-refractivity contribution in [3.63, 3.8) is 0 Å². The summed E-state index contributed by atoms with van der Waals surface area (Å²) in [4.78, 5) is 22.8. The molecule has 0 spiro atoms. The highest BCUT2D eigenvalue weighted by molar-refractivity contribution is 6.06.